The van der Waals surface area contributed by atoms with Crippen LogP contribution in [0.15, 0.2) is 12.2 Å². The first-order chi connectivity index (χ1) is 5.80. The monoisotopic (exact) mass is 166 g/mol. The van der Waals surface area contributed by atoms with Crippen molar-refractivity contribution in [3.63, 3.8) is 0 Å². The topological polar surface area (TPSA) is 26.3 Å². The van der Waals surface area contributed by atoms with Gasteiger partial charge in [-0.3, -0.25) is 0 Å². The maximum absolute atomic E-state index is 10.8. The van der Waals surface area contributed by atoms with Crippen LogP contribution in [0.5, 0.6) is 0 Å². The molecular formula is C10H14O2. The Morgan fingerprint density at radius 3 is 2.92 bits per heavy atom. The summed E-state index contributed by atoms with van der Waals surface area (Å²) in [6.45, 7) is 0. The number of allylic oxidation sites excluding steroid dienone is 1. The number of rotatable bonds is 2. The fourth-order valence-electron chi connectivity index (χ4n) is 2.41. The Labute approximate surface area is 72.6 Å². The Bertz CT molecular complexity index is 222. The van der Waals surface area contributed by atoms with Gasteiger partial charge in [-0.1, -0.05) is 12.2 Å². The van der Waals surface area contributed by atoms with E-state index in [2.05, 4.69) is 12.2 Å². The third kappa shape index (κ3) is 0.944. The molecule has 0 N–H and O–H groups in total. The molecule has 3 aliphatic rings. The molecule has 3 rings (SSSR count). The van der Waals surface area contributed by atoms with Crippen molar-refractivity contribution in [3.05, 3.63) is 12.2 Å². The van der Waals surface area contributed by atoms with E-state index < -0.39 is 0 Å². The normalized spacial score (nSPS) is 44.8. The van der Waals surface area contributed by atoms with Gasteiger partial charge >= 0.3 is 0 Å². The highest BCUT2D eigenvalue weighted by molar-refractivity contribution is 5.58. The first-order valence-electron chi connectivity index (χ1n) is 4.50. The van der Waals surface area contributed by atoms with E-state index in [1.54, 1.807) is 7.11 Å². The Kier molecular flexibility index (Phi) is 1.80. The van der Waals surface area contributed by atoms with Crippen LogP contribution in [-0.4, -0.2) is 19.0 Å². The number of ether oxygens (including phenoxy) is 1. The van der Waals surface area contributed by atoms with Crippen molar-refractivity contribution in [1.29, 1.82) is 0 Å². The van der Waals surface area contributed by atoms with Crippen LogP contribution in [0.3, 0.4) is 0 Å². The molecule has 12 heavy (non-hydrogen) atoms. The van der Waals surface area contributed by atoms with Gasteiger partial charge < -0.3 is 9.53 Å². The van der Waals surface area contributed by atoms with Gasteiger partial charge in [0, 0.05) is 13.0 Å². The number of aldehydes is 1. The predicted molar refractivity (Wildman–Crippen MR) is 45.8 cm³/mol. The van der Waals surface area contributed by atoms with Crippen LogP contribution in [0.25, 0.3) is 0 Å². The van der Waals surface area contributed by atoms with E-state index >= 15 is 0 Å². The van der Waals surface area contributed by atoms with Gasteiger partial charge in [-0.2, -0.15) is 0 Å². The van der Waals surface area contributed by atoms with Gasteiger partial charge in [0.05, 0.1) is 5.60 Å². The molecule has 0 aromatic rings. The van der Waals surface area contributed by atoms with Crippen molar-refractivity contribution in [2.24, 2.45) is 11.8 Å². The number of carbonyl (C=O) groups excluding carboxylic acids is 1. The maximum atomic E-state index is 10.8. The van der Waals surface area contributed by atoms with Crippen molar-refractivity contribution < 1.29 is 9.53 Å². The van der Waals surface area contributed by atoms with Crippen LogP contribution in [0.4, 0.5) is 0 Å². The average Bonchev–Trinajstić information content (AvgIpc) is 2.19. The lowest BCUT2D eigenvalue weighted by atomic mass is 9.66. The fraction of sp³-hybridized carbons (Fsp3) is 0.700. The Balaban J connectivity index is 2.31. The molecule has 2 nitrogen and oxygen atoms in total. The summed E-state index contributed by atoms with van der Waals surface area (Å²) in [5, 5.41) is 0. The zero-order valence-electron chi connectivity index (χ0n) is 7.32. The van der Waals surface area contributed by atoms with Crippen LogP contribution in [0.1, 0.15) is 19.3 Å². The average molecular weight is 166 g/mol. The molecule has 3 atom stereocenters. The lowest BCUT2D eigenvalue weighted by molar-refractivity contribution is -0.125. The lowest BCUT2D eigenvalue weighted by Crippen LogP contribution is -2.46. The largest absolute Gasteiger partial charge is 0.373 e. The highest BCUT2D eigenvalue weighted by Crippen LogP contribution is 2.44. The summed E-state index contributed by atoms with van der Waals surface area (Å²) in [6, 6.07) is 0. The molecule has 3 aliphatic carbocycles. The third-order valence-corrected chi connectivity index (χ3v) is 3.29. The van der Waals surface area contributed by atoms with Crippen LogP contribution in [0.2, 0.25) is 0 Å². The SMILES string of the molecule is COC12C=CC(CC1)CC2C=O. The van der Waals surface area contributed by atoms with Crippen LogP contribution in [-0.2, 0) is 9.53 Å². The van der Waals surface area contributed by atoms with Crippen molar-refractivity contribution in [2.75, 3.05) is 7.11 Å². The molecule has 0 spiro atoms. The van der Waals surface area contributed by atoms with Crippen molar-refractivity contribution >= 4 is 6.29 Å². The summed E-state index contributed by atoms with van der Waals surface area (Å²) in [7, 11) is 1.70. The molecule has 0 saturated heterocycles. The van der Waals surface area contributed by atoms with E-state index in [0.29, 0.717) is 5.92 Å². The number of hydrogen-bond donors (Lipinski definition) is 0. The Hall–Kier alpha value is -0.630. The van der Waals surface area contributed by atoms with E-state index in [4.69, 9.17) is 4.74 Å². The van der Waals surface area contributed by atoms with Crippen molar-refractivity contribution in [2.45, 2.75) is 24.9 Å². The van der Waals surface area contributed by atoms with Gasteiger partial charge in [0.2, 0.25) is 0 Å². The minimum absolute atomic E-state index is 0.0891. The first kappa shape index (κ1) is 7.99. The number of carbonyl (C=O) groups is 1. The fourth-order valence-corrected chi connectivity index (χ4v) is 2.41. The zero-order chi connectivity index (χ0) is 8.60. The molecule has 0 aliphatic heterocycles. The molecule has 0 aromatic carbocycles. The van der Waals surface area contributed by atoms with Gasteiger partial charge in [-0.25, -0.2) is 0 Å². The van der Waals surface area contributed by atoms with E-state index in [1.807, 2.05) is 0 Å². The third-order valence-electron chi connectivity index (χ3n) is 3.29. The van der Waals surface area contributed by atoms with Crippen LogP contribution in [0, 0.1) is 11.8 Å². The van der Waals surface area contributed by atoms with Gasteiger partial charge in [0.25, 0.3) is 0 Å². The molecule has 2 bridgehead atoms. The van der Waals surface area contributed by atoms with Crippen molar-refractivity contribution in [3.8, 4) is 0 Å². The molecule has 0 heterocycles. The van der Waals surface area contributed by atoms with E-state index in [9.17, 15) is 4.79 Å². The zero-order valence-corrected chi connectivity index (χ0v) is 7.32. The first-order valence-corrected chi connectivity index (χ1v) is 4.50. The predicted octanol–water partition coefficient (Wildman–Crippen LogP) is 1.56. The smallest absolute Gasteiger partial charge is 0.126 e. The molecule has 1 saturated carbocycles. The van der Waals surface area contributed by atoms with E-state index in [1.165, 1.54) is 6.42 Å². The van der Waals surface area contributed by atoms with Crippen LogP contribution < -0.4 is 0 Å². The molecule has 0 amide bonds. The molecule has 0 aromatic heterocycles. The molecular weight excluding hydrogens is 152 g/mol. The highest BCUT2D eigenvalue weighted by Gasteiger charge is 2.44. The van der Waals surface area contributed by atoms with Gasteiger partial charge in [0.1, 0.15) is 6.29 Å². The van der Waals surface area contributed by atoms with E-state index in [0.717, 1.165) is 19.1 Å². The number of fused-ring (bicyclic) bond motifs is 2. The van der Waals surface area contributed by atoms with Gasteiger partial charge in [-0.05, 0) is 25.2 Å². The molecule has 1 fully saturated rings. The summed E-state index contributed by atoms with van der Waals surface area (Å²) in [5.74, 6) is 0.712. The minimum atomic E-state index is -0.253. The summed E-state index contributed by atoms with van der Waals surface area (Å²) in [4.78, 5) is 10.8. The maximum Gasteiger partial charge on any atom is 0.126 e. The summed E-state index contributed by atoms with van der Waals surface area (Å²) < 4.78 is 5.45. The second-order valence-electron chi connectivity index (χ2n) is 3.80. The van der Waals surface area contributed by atoms with E-state index in [-0.39, 0.29) is 11.5 Å². The van der Waals surface area contributed by atoms with Crippen molar-refractivity contribution in [1.82, 2.24) is 0 Å². The van der Waals surface area contributed by atoms with Crippen LogP contribution >= 0.6 is 0 Å². The lowest BCUT2D eigenvalue weighted by Gasteiger charge is -2.44. The standard InChI is InChI=1S/C10H14O2/c1-12-10-4-2-8(3-5-10)6-9(10)7-11/h2,4,7-9H,3,5-6H2,1H3. The second kappa shape index (κ2) is 2.70. The summed E-state index contributed by atoms with van der Waals surface area (Å²) >= 11 is 0. The number of hydrogen-bond acceptors (Lipinski definition) is 2. The second-order valence-corrected chi connectivity index (χ2v) is 3.80. The molecule has 2 heteroatoms. The molecule has 0 radical (unpaired) electrons. The van der Waals surface area contributed by atoms with Gasteiger partial charge in [0.15, 0.2) is 0 Å². The Morgan fingerprint density at radius 1 is 1.67 bits per heavy atom. The van der Waals surface area contributed by atoms with Gasteiger partial charge in [-0.15, -0.1) is 0 Å². The number of methoxy groups -OCH3 is 1. The Morgan fingerprint density at radius 2 is 2.50 bits per heavy atom. The highest BCUT2D eigenvalue weighted by atomic mass is 16.5. The minimum Gasteiger partial charge on any atom is -0.373 e. The summed E-state index contributed by atoms with van der Waals surface area (Å²) in [6.07, 6.45) is 8.51. The molecule has 3 unspecified atom stereocenters. The summed E-state index contributed by atoms with van der Waals surface area (Å²) in [5.41, 5.74) is -0.253. The quantitative estimate of drug-likeness (QED) is 0.459. The molecule has 66 valence electrons.